The van der Waals surface area contributed by atoms with Gasteiger partial charge in [-0.1, -0.05) is 63.1 Å². The van der Waals surface area contributed by atoms with Crippen LogP contribution in [0.25, 0.3) is 5.57 Å². The van der Waals surface area contributed by atoms with Crippen LogP contribution in [0.4, 0.5) is 32.0 Å². The molecule has 0 bridgehead atoms. The monoisotopic (exact) mass is 564 g/mol. The third-order valence-corrected chi connectivity index (χ3v) is 5.99. The zero-order chi connectivity index (χ0) is 30.1. The summed E-state index contributed by atoms with van der Waals surface area (Å²) in [6.07, 6.45) is -0.889. The summed E-state index contributed by atoms with van der Waals surface area (Å²) in [6, 6.07) is 8.48. The summed E-state index contributed by atoms with van der Waals surface area (Å²) in [5.41, 5.74) is 0.739. The first kappa shape index (κ1) is 32.6. The Morgan fingerprint density at radius 2 is 1.30 bits per heavy atom. The van der Waals surface area contributed by atoms with Crippen molar-refractivity contribution in [2.45, 2.75) is 72.7 Å². The van der Waals surface area contributed by atoms with Crippen LogP contribution in [0.5, 0.6) is 0 Å². The summed E-state index contributed by atoms with van der Waals surface area (Å²) in [6.45, 7) is 8.94. The van der Waals surface area contributed by atoms with Gasteiger partial charge in [-0.2, -0.15) is 26.3 Å². The number of anilines is 1. The molecule has 2 rings (SSSR count). The Balaban J connectivity index is 2.59. The molecule has 0 radical (unpaired) electrons. The van der Waals surface area contributed by atoms with Crippen LogP contribution in [0, 0.1) is 0 Å². The highest BCUT2D eigenvalue weighted by Gasteiger charge is 2.37. The molecule has 0 saturated heterocycles. The van der Waals surface area contributed by atoms with Gasteiger partial charge in [0, 0.05) is 23.0 Å². The van der Waals surface area contributed by atoms with Gasteiger partial charge in [-0.25, -0.2) is 4.99 Å². The number of rotatable bonds is 10. The van der Waals surface area contributed by atoms with Crippen molar-refractivity contribution in [1.29, 1.82) is 0 Å². The summed E-state index contributed by atoms with van der Waals surface area (Å²) in [4.78, 5) is 16.1. The van der Waals surface area contributed by atoms with E-state index in [9.17, 15) is 31.1 Å². The van der Waals surface area contributed by atoms with E-state index in [2.05, 4.69) is 22.5 Å². The number of alkyl halides is 6. The van der Waals surface area contributed by atoms with Crippen molar-refractivity contribution in [2.24, 2.45) is 4.99 Å². The highest BCUT2D eigenvalue weighted by molar-refractivity contribution is 5.96. The first-order valence-corrected chi connectivity index (χ1v) is 13.0. The summed E-state index contributed by atoms with van der Waals surface area (Å²) in [5, 5.41) is 2.58. The van der Waals surface area contributed by atoms with Crippen LogP contribution < -0.4 is 5.32 Å². The van der Waals surface area contributed by atoms with Gasteiger partial charge in [0.25, 0.3) is 0 Å². The number of hydrogen-bond donors (Lipinski definition) is 1. The molecule has 0 fully saturated rings. The minimum absolute atomic E-state index is 0.0602. The number of carbonyl (C=O) groups excluding carboxylic acids is 1. The van der Waals surface area contributed by atoms with E-state index in [4.69, 9.17) is 0 Å². The van der Waals surface area contributed by atoms with Crippen LogP contribution in [-0.4, -0.2) is 11.6 Å². The van der Waals surface area contributed by atoms with Gasteiger partial charge < -0.3 is 5.32 Å². The smallest absolute Gasteiger partial charge is 0.344 e. The molecular formula is C31H34F6N2O. The Morgan fingerprint density at radius 3 is 1.77 bits per heavy atom. The minimum Gasteiger partial charge on any atom is -0.344 e. The van der Waals surface area contributed by atoms with Crippen LogP contribution in [0.2, 0.25) is 0 Å². The maximum absolute atomic E-state index is 13.3. The first-order valence-electron chi connectivity index (χ1n) is 13.0. The van der Waals surface area contributed by atoms with Crippen molar-refractivity contribution < 1.29 is 31.1 Å². The maximum Gasteiger partial charge on any atom is 0.416 e. The van der Waals surface area contributed by atoms with Crippen LogP contribution in [-0.2, 0) is 12.4 Å². The highest BCUT2D eigenvalue weighted by Crippen LogP contribution is 2.37. The van der Waals surface area contributed by atoms with Crippen molar-refractivity contribution in [1.82, 2.24) is 0 Å². The Kier molecular flexibility index (Phi) is 11.5. The largest absolute Gasteiger partial charge is 0.416 e. The second-order valence-corrected chi connectivity index (χ2v) is 9.39. The van der Waals surface area contributed by atoms with Gasteiger partial charge in [0.2, 0.25) is 0 Å². The Bertz CT molecular complexity index is 1260. The Labute approximate surface area is 231 Å². The molecular weight excluding hydrogens is 530 g/mol. The SMILES string of the molecule is CCC\C=C(C(=C/N=C(C)Nc1cc(C(F)(F)F)cc(C(F)(F)F)c1)/C(C)=C/CCC)\c1ccc(C(C)=O)cc1. The van der Waals surface area contributed by atoms with Gasteiger partial charge in [-0.3, -0.25) is 4.79 Å². The number of hydrogen-bond acceptors (Lipinski definition) is 2. The van der Waals surface area contributed by atoms with E-state index in [1.54, 1.807) is 18.3 Å². The number of halogens is 6. The number of benzene rings is 2. The lowest BCUT2D eigenvalue weighted by Gasteiger charge is -2.16. The molecule has 0 unspecified atom stereocenters. The third-order valence-electron chi connectivity index (χ3n) is 5.99. The number of carbonyl (C=O) groups is 1. The summed E-state index contributed by atoms with van der Waals surface area (Å²) in [7, 11) is 0. The second kappa shape index (κ2) is 14.1. The summed E-state index contributed by atoms with van der Waals surface area (Å²) in [5.74, 6) is 0.0463. The normalized spacial score (nSPS) is 14.0. The number of nitrogens with zero attached hydrogens (tertiary/aromatic N) is 1. The standard InChI is InChI=1S/C31H34F6N2O/c1-6-8-10-20(3)29(28(11-9-7-2)24-14-12-23(13-15-24)21(4)40)19-38-22(5)39-27-17-25(30(32,33)34)16-26(18-27)31(35,36)37/h10-19H,6-9H2,1-5H3,(H,38,39)/b20-10+,28-11-,29-19+. The summed E-state index contributed by atoms with van der Waals surface area (Å²) >= 11 is 0. The lowest BCUT2D eigenvalue weighted by Crippen LogP contribution is -2.14. The topological polar surface area (TPSA) is 41.5 Å². The third kappa shape index (κ3) is 9.54. The zero-order valence-corrected chi connectivity index (χ0v) is 23.2. The molecule has 3 nitrogen and oxygen atoms in total. The molecule has 0 aliphatic carbocycles. The number of allylic oxidation sites excluding steroid dienone is 5. The van der Waals surface area contributed by atoms with E-state index in [-0.39, 0.29) is 23.4 Å². The number of Topliss-reactive ketones (excluding diaryl/α,β-unsaturated/α-hetero) is 1. The molecule has 0 aromatic heterocycles. The zero-order valence-electron chi connectivity index (χ0n) is 23.2. The molecule has 0 saturated carbocycles. The molecule has 0 aliphatic rings. The van der Waals surface area contributed by atoms with E-state index < -0.39 is 23.5 Å². The first-order chi connectivity index (χ1) is 18.7. The molecule has 9 heteroatoms. The minimum atomic E-state index is -4.95. The fourth-order valence-electron chi connectivity index (χ4n) is 3.84. The second-order valence-electron chi connectivity index (χ2n) is 9.39. The Morgan fingerprint density at radius 1 is 0.800 bits per heavy atom. The van der Waals surface area contributed by atoms with Crippen LogP contribution in [0.1, 0.15) is 87.4 Å². The summed E-state index contributed by atoms with van der Waals surface area (Å²) < 4.78 is 79.6. The fourth-order valence-corrected chi connectivity index (χ4v) is 3.84. The van der Waals surface area contributed by atoms with E-state index in [0.29, 0.717) is 17.7 Å². The molecule has 0 spiro atoms. The Hall–Kier alpha value is -3.62. The van der Waals surface area contributed by atoms with Gasteiger partial charge in [0.1, 0.15) is 5.84 Å². The van der Waals surface area contributed by atoms with Gasteiger partial charge in [0.15, 0.2) is 5.78 Å². The molecule has 0 atom stereocenters. The lowest BCUT2D eigenvalue weighted by molar-refractivity contribution is -0.143. The number of aliphatic imine (C=N–C) groups is 1. The molecule has 1 N–H and O–H groups in total. The van der Waals surface area contributed by atoms with Crippen molar-refractivity contribution in [2.75, 3.05) is 5.32 Å². The molecule has 216 valence electrons. The maximum atomic E-state index is 13.3. The van der Waals surface area contributed by atoms with Gasteiger partial charge in [-0.15, -0.1) is 0 Å². The molecule has 0 heterocycles. The van der Waals surface area contributed by atoms with E-state index >= 15 is 0 Å². The molecule has 0 aliphatic heterocycles. The van der Waals surface area contributed by atoms with Gasteiger partial charge in [-0.05, 0) is 68.5 Å². The number of amidine groups is 1. The molecule has 2 aromatic rings. The van der Waals surface area contributed by atoms with E-state index in [1.165, 1.54) is 13.8 Å². The highest BCUT2D eigenvalue weighted by atomic mass is 19.4. The van der Waals surface area contributed by atoms with Crippen LogP contribution in [0.3, 0.4) is 0 Å². The molecule has 2 aromatic carbocycles. The predicted molar refractivity (Wildman–Crippen MR) is 149 cm³/mol. The average Bonchev–Trinajstić information content (AvgIpc) is 2.88. The van der Waals surface area contributed by atoms with Gasteiger partial charge in [0.05, 0.1) is 11.1 Å². The number of unbranched alkanes of at least 4 members (excludes halogenated alkanes) is 2. The number of ketones is 1. The van der Waals surface area contributed by atoms with E-state index in [0.717, 1.165) is 48.0 Å². The molecule has 0 amide bonds. The lowest BCUT2D eigenvalue weighted by atomic mass is 9.91. The van der Waals surface area contributed by atoms with E-state index in [1.807, 2.05) is 32.9 Å². The van der Waals surface area contributed by atoms with Crippen LogP contribution in [0.15, 0.2) is 77.0 Å². The van der Waals surface area contributed by atoms with Crippen molar-refractivity contribution in [3.05, 3.63) is 94.2 Å². The van der Waals surface area contributed by atoms with Crippen molar-refractivity contribution >= 4 is 22.9 Å². The fraction of sp³-hybridized carbons (Fsp3) is 0.355. The average molecular weight is 565 g/mol. The molecule has 40 heavy (non-hydrogen) atoms. The van der Waals surface area contributed by atoms with Crippen LogP contribution >= 0.6 is 0 Å². The quantitative estimate of drug-likeness (QED) is 0.103. The van der Waals surface area contributed by atoms with Gasteiger partial charge >= 0.3 is 12.4 Å². The predicted octanol–water partition coefficient (Wildman–Crippen LogP) is 10.3. The van der Waals surface area contributed by atoms with Crippen molar-refractivity contribution in [3.8, 4) is 0 Å². The number of nitrogens with one attached hydrogen (secondary N) is 1. The van der Waals surface area contributed by atoms with Crippen molar-refractivity contribution in [3.63, 3.8) is 0 Å².